The molecule has 0 saturated heterocycles. The van der Waals surface area contributed by atoms with Crippen LogP contribution in [0.4, 0.5) is 0 Å². The first-order valence-corrected chi connectivity index (χ1v) is 8.15. The number of hydrogen-bond donors (Lipinski definition) is 2. The van der Waals surface area contributed by atoms with Crippen LogP contribution in [0.25, 0.3) is 11.3 Å². The molecule has 0 aliphatic rings. The highest BCUT2D eigenvalue weighted by molar-refractivity contribution is 5.94. The zero-order chi connectivity index (χ0) is 17.6. The van der Waals surface area contributed by atoms with E-state index < -0.39 is 6.10 Å². The van der Waals surface area contributed by atoms with Gasteiger partial charge in [-0.3, -0.25) is 4.79 Å². The molecule has 3 rings (SSSR count). The van der Waals surface area contributed by atoms with Crippen LogP contribution in [0.15, 0.2) is 71.6 Å². The van der Waals surface area contributed by atoms with E-state index in [0.717, 1.165) is 11.1 Å². The molecule has 1 aromatic heterocycles. The molecule has 1 heterocycles. The average molecular weight is 336 g/mol. The molecule has 2 atom stereocenters. The molecule has 0 spiro atoms. The molecule has 1 amide bonds. The molecule has 0 bridgehead atoms. The minimum Gasteiger partial charge on any atom is -0.444 e. The van der Waals surface area contributed by atoms with Crippen molar-refractivity contribution in [3.05, 3.63) is 78.3 Å². The Labute approximate surface area is 146 Å². The van der Waals surface area contributed by atoms with Gasteiger partial charge in [-0.2, -0.15) is 0 Å². The summed E-state index contributed by atoms with van der Waals surface area (Å²) in [5.74, 6) is 0.433. The molecule has 0 saturated carbocycles. The van der Waals surface area contributed by atoms with Crippen LogP contribution in [0.5, 0.6) is 0 Å². The second-order valence-electron chi connectivity index (χ2n) is 5.96. The first-order valence-electron chi connectivity index (χ1n) is 8.15. The summed E-state index contributed by atoms with van der Waals surface area (Å²) >= 11 is 0. The van der Waals surface area contributed by atoms with E-state index in [0.29, 0.717) is 17.7 Å². The van der Waals surface area contributed by atoms with Gasteiger partial charge < -0.3 is 14.8 Å². The standard InChI is InChI=1S/C20H20N2O3/c1-14(18(23)11-15-5-3-2-4-6-15)22-20(24)17-9-7-16(8-10-17)19-12-21-13-25-19/h2-10,12-14,18,23H,11H2,1H3,(H,22,24). The monoisotopic (exact) mass is 336 g/mol. The van der Waals surface area contributed by atoms with Crippen LogP contribution < -0.4 is 5.32 Å². The van der Waals surface area contributed by atoms with Gasteiger partial charge in [0.1, 0.15) is 0 Å². The number of hydrogen-bond acceptors (Lipinski definition) is 4. The average Bonchev–Trinajstić information content (AvgIpc) is 3.17. The van der Waals surface area contributed by atoms with E-state index in [1.54, 1.807) is 37.4 Å². The Morgan fingerprint density at radius 3 is 2.52 bits per heavy atom. The number of aliphatic hydroxyl groups excluding tert-OH is 1. The second-order valence-corrected chi connectivity index (χ2v) is 5.96. The molecular weight excluding hydrogens is 316 g/mol. The third-order valence-corrected chi connectivity index (χ3v) is 4.09. The lowest BCUT2D eigenvalue weighted by Crippen LogP contribution is -2.42. The van der Waals surface area contributed by atoms with Crippen molar-refractivity contribution in [2.75, 3.05) is 0 Å². The molecular formula is C20H20N2O3. The molecule has 0 radical (unpaired) electrons. The number of benzene rings is 2. The largest absolute Gasteiger partial charge is 0.444 e. The van der Waals surface area contributed by atoms with Gasteiger partial charge in [-0.1, -0.05) is 42.5 Å². The maximum atomic E-state index is 12.4. The number of aromatic nitrogens is 1. The Balaban J connectivity index is 1.59. The maximum Gasteiger partial charge on any atom is 0.251 e. The fraction of sp³-hybridized carbons (Fsp3) is 0.200. The van der Waals surface area contributed by atoms with Gasteiger partial charge in [0.25, 0.3) is 5.91 Å². The van der Waals surface area contributed by atoms with Gasteiger partial charge in [0.15, 0.2) is 12.2 Å². The van der Waals surface area contributed by atoms with Crippen LogP contribution in [0, 0.1) is 0 Å². The molecule has 2 N–H and O–H groups in total. The minimum atomic E-state index is -0.653. The van der Waals surface area contributed by atoms with E-state index in [2.05, 4.69) is 10.3 Å². The van der Waals surface area contributed by atoms with E-state index in [-0.39, 0.29) is 11.9 Å². The molecule has 0 aliphatic heterocycles. The number of nitrogens with one attached hydrogen (secondary N) is 1. The SMILES string of the molecule is CC(NC(=O)c1ccc(-c2cnco2)cc1)C(O)Cc1ccccc1. The Kier molecular flexibility index (Phi) is 5.26. The lowest BCUT2D eigenvalue weighted by atomic mass is 10.0. The summed E-state index contributed by atoms with van der Waals surface area (Å²) in [5.41, 5.74) is 2.42. The van der Waals surface area contributed by atoms with Gasteiger partial charge in [-0.25, -0.2) is 4.98 Å². The number of carbonyl (C=O) groups excluding carboxylic acids is 1. The Morgan fingerprint density at radius 1 is 1.16 bits per heavy atom. The summed E-state index contributed by atoms with van der Waals surface area (Å²) in [6.45, 7) is 1.80. The Hall–Kier alpha value is -2.92. The fourth-order valence-corrected chi connectivity index (χ4v) is 2.56. The molecule has 3 aromatic rings. The van der Waals surface area contributed by atoms with Crippen molar-refractivity contribution in [1.82, 2.24) is 10.3 Å². The molecule has 2 unspecified atom stereocenters. The predicted molar refractivity (Wildman–Crippen MR) is 95.0 cm³/mol. The van der Waals surface area contributed by atoms with E-state index in [1.807, 2.05) is 30.3 Å². The molecule has 25 heavy (non-hydrogen) atoms. The van der Waals surface area contributed by atoms with Crippen LogP contribution in [0.1, 0.15) is 22.8 Å². The normalized spacial score (nSPS) is 13.2. The summed E-state index contributed by atoms with van der Waals surface area (Å²) < 4.78 is 5.23. The van der Waals surface area contributed by atoms with Gasteiger partial charge in [0.2, 0.25) is 0 Å². The molecule has 5 nitrogen and oxygen atoms in total. The number of amides is 1. The van der Waals surface area contributed by atoms with Crippen LogP contribution in [0.2, 0.25) is 0 Å². The van der Waals surface area contributed by atoms with Crippen LogP contribution in [0.3, 0.4) is 0 Å². The first kappa shape index (κ1) is 16.9. The predicted octanol–water partition coefficient (Wildman–Crippen LogP) is 3.06. The van der Waals surface area contributed by atoms with Crippen molar-refractivity contribution in [3.8, 4) is 11.3 Å². The first-order chi connectivity index (χ1) is 12.1. The number of oxazole rings is 1. The number of aliphatic hydroxyl groups is 1. The summed E-state index contributed by atoms with van der Waals surface area (Å²) in [6.07, 6.45) is 2.83. The van der Waals surface area contributed by atoms with Gasteiger partial charge in [0.05, 0.1) is 18.3 Å². The molecule has 5 heteroatoms. The lowest BCUT2D eigenvalue weighted by molar-refractivity contribution is 0.0852. The lowest BCUT2D eigenvalue weighted by Gasteiger charge is -2.20. The highest BCUT2D eigenvalue weighted by Crippen LogP contribution is 2.19. The third kappa shape index (κ3) is 4.33. The van der Waals surface area contributed by atoms with Crippen molar-refractivity contribution < 1.29 is 14.3 Å². The number of carbonyl (C=O) groups is 1. The summed E-state index contributed by atoms with van der Waals surface area (Å²) in [4.78, 5) is 16.2. The Morgan fingerprint density at radius 2 is 1.88 bits per heavy atom. The highest BCUT2D eigenvalue weighted by Gasteiger charge is 2.18. The van der Waals surface area contributed by atoms with E-state index >= 15 is 0 Å². The summed E-state index contributed by atoms with van der Waals surface area (Å²) in [6, 6.07) is 16.4. The van der Waals surface area contributed by atoms with E-state index in [4.69, 9.17) is 4.42 Å². The van der Waals surface area contributed by atoms with Crippen molar-refractivity contribution in [2.24, 2.45) is 0 Å². The van der Waals surface area contributed by atoms with Crippen LogP contribution >= 0.6 is 0 Å². The van der Waals surface area contributed by atoms with Crippen molar-refractivity contribution in [2.45, 2.75) is 25.5 Å². The number of nitrogens with zero attached hydrogens (tertiary/aromatic N) is 1. The third-order valence-electron chi connectivity index (χ3n) is 4.09. The molecule has 2 aromatic carbocycles. The quantitative estimate of drug-likeness (QED) is 0.725. The zero-order valence-electron chi connectivity index (χ0n) is 13.9. The van der Waals surface area contributed by atoms with Gasteiger partial charge in [-0.05, 0) is 24.6 Å². The van der Waals surface area contributed by atoms with Crippen molar-refractivity contribution in [1.29, 1.82) is 0 Å². The zero-order valence-corrected chi connectivity index (χ0v) is 13.9. The highest BCUT2D eigenvalue weighted by atomic mass is 16.3. The van der Waals surface area contributed by atoms with Crippen LogP contribution in [-0.4, -0.2) is 28.1 Å². The molecule has 0 fully saturated rings. The minimum absolute atomic E-state index is 0.219. The van der Waals surface area contributed by atoms with Crippen LogP contribution in [-0.2, 0) is 6.42 Å². The van der Waals surface area contributed by atoms with Gasteiger partial charge >= 0.3 is 0 Å². The Bertz CT molecular complexity index is 799. The van der Waals surface area contributed by atoms with Gasteiger partial charge in [-0.15, -0.1) is 0 Å². The van der Waals surface area contributed by atoms with E-state index in [9.17, 15) is 9.90 Å². The number of rotatable bonds is 6. The fourth-order valence-electron chi connectivity index (χ4n) is 2.56. The molecule has 128 valence electrons. The smallest absolute Gasteiger partial charge is 0.251 e. The van der Waals surface area contributed by atoms with Crippen molar-refractivity contribution >= 4 is 5.91 Å². The molecule has 0 aliphatic carbocycles. The van der Waals surface area contributed by atoms with E-state index in [1.165, 1.54) is 6.39 Å². The summed E-state index contributed by atoms with van der Waals surface area (Å²) in [5, 5.41) is 13.1. The summed E-state index contributed by atoms with van der Waals surface area (Å²) in [7, 11) is 0. The second kappa shape index (κ2) is 7.77. The topological polar surface area (TPSA) is 75.4 Å². The van der Waals surface area contributed by atoms with Gasteiger partial charge in [0, 0.05) is 17.5 Å². The van der Waals surface area contributed by atoms with Crippen molar-refractivity contribution in [3.63, 3.8) is 0 Å². The maximum absolute atomic E-state index is 12.4.